The molecular formula is C8H14O3S. The van der Waals surface area contributed by atoms with Crippen molar-refractivity contribution < 1.29 is 13.5 Å². The number of aliphatic hydroxyl groups excluding tert-OH is 1. The fourth-order valence-corrected chi connectivity index (χ4v) is 2.95. The first-order valence-electron chi connectivity index (χ1n) is 4.08. The van der Waals surface area contributed by atoms with Gasteiger partial charge in [-0.25, -0.2) is 8.42 Å². The minimum absolute atomic E-state index is 0.137. The molecule has 0 radical (unpaired) electrons. The molecule has 70 valence electrons. The van der Waals surface area contributed by atoms with E-state index in [1.165, 1.54) is 0 Å². The van der Waals surface area contributed by atoms with Crippen LogP contribution in [0.5, 0.6) is 0 Å². The van der Waals surface area contributed by atoms with Crippen molar-refractivity contribution in [2.45, 2.75) is 25.9 Å². The van der Waals surface area contributed by atoms with E-state index in [-0.39, 0.29) is 5.75 Å². The largest absolute Gasteiger partial charge is 0.389 e. The van der Waals surface area contributed by atoms with Crippen molar-refractivity contribution in [1.82, 2.24) is 0 Å². The molecule has 1 atom stereocenters. The highest BCUT2D eigenvalue weighted by atomic mass is 32.2. The quantitative estimate of drug-likeness (QED) is 0.613. The summed E-state index contributed by atoms with van der Waals surface area (Å²) in [7, 11) is -2.86. The standard InChI is InChI=1S/C8H14O3S/c1-7(9)5-8-3-2-4-12(10,11)6-8/h5,7,9H,2-4,6H2,1H3/b8-5-. The van der Waals surface area contributed by atoms with E-state index < -0.39 is 15.9 Å². The van der Waals surface area contributed by atoms with Crippen LogP contribution in [-0.2, 0) is 9.84 Å². The van der Waals surface area contributed by atoms with Crippen molar-refractivity contribution in [2.24, 2.45) is 0 Å². The summed E-state index contributed by atoms with van der Waals surface area (Å²) in [6.07, 6.45) is 2.61. The van der Waals surface area contributed by atoms with Gasteiger partial charge in [-0.2, -0.15) is 0 Å². The molecule has 0 spiro atoms. The van der Waals surface area contributed by atoms with Crippen LogP contribution in [0.4, 0.5) is 0 Å². The van der Waals surface area contributed by atoms with Crippen molar-refractivity contribution in [3.05, 3.63) is 11.6 Å². The Hall–Kier alpha value is -0.350. The van der Waals surface area contributed by atoms with Gasteiger partial charge in [-0.1, -0.05) is 11.6 Å². The van der Waals surface area contributed by atoms with Gasteiger partial charge >= 0.3 is 0 Å². The monoisotopic (exact) mass is 190 g/mol. The van der Waals surface area contributed by atoms with Gasteiger partial charge in [0.1, 0.15) is 0 Å². The van der Waals surface area contributed by atoms with Gasteiger partial charge in [0, 0.05) is 0 Å². The second kappa shape index (κ2) is 3.58. The molecule has 1 rings (SSSR count). The van der Waals surface area contributed by atoms with E-state index in [0.717, 1.165) is 12.0 Å². The second-order valence-electron chi connectivity index (χ2n) is 3.26. The third-order valence-corrected chi connectivity index (χ3v) is 3.56. The Balaban J connectivity index is 2.71. The maximum absolute atomic E-state index is 11.1. The van der Waals surface area contributed by atoms with Crippen molar-refractivity contribution in [2.75, 3.05) is 11.5 Å². The molecular weight excluding hydrogens is 176 g/mol. The Bertz CT molecular complexity index is 275. The van der Waals surface area contributed by atoms with Gasteiger partial charge in [-0.15, -0.1) is 0 Å². The third-order valence-electron chi connectivity index (χ3n) is 1.84. The molecule has 1 heterocycles. The van der Waals surface area contributed by atoms with E-state index in [4.69, 9.17) is 5.11 Å². The Labute approximate surface area is 73.0 Å². The second-order valence-corrected chi connectivity index (χ2v) is 5.45. The van der Waals surface area contributed by atoms with Gasteiger partial charge in [0.25, 0.3) is 0 Å². The topological polar surface area (TPSA) is 54.4 Å². The molecule has 0 saturated carbocycles. The van der Waals surface area contributed by atoms with E-state index in [1.54, 1.807) is 13.0 Å². The minimum Gasteiger partial charge on any atom is -0.389 e. The van der Waals surface area contributed by atoms with Crippen molar-refractivity contribution >= 4 is 9.84 Å². The Morgan fingerprint density at radius 2 is 2.25 bits per heavy atom. The fraction of sp³-hybridized carbons (Fsp3) is 0.750. The molecule has 0 aromatic heterocycles. The molecule has 3 nitrogen and oxygen atoms in total. The van der Waals surface area contributed by atoms with Crippen LogP contribution < -0.4 is 0 Å². The van der Waals surface area contributed by atoms with Crippen LogP contribution in [0.25, 0.3) is 0 Å². The lowest BCUT2D eigenvalue weighted by Gasteiger charge is -2.14. The van der Waals surface area contributed by atoms with E-state index in [9.17, 15) is 8.42 Å². The first kappa shape index (κ1) is 9.74. The van der Waals surface area contributed by atoms with Gasteiger partial charge in [-0.05, 0) is 19.8 Å². The summed E-state index contributed by atoms with van der Waals surface area (Å²) in [5, 5.41) is 9.00. The number of sulfone groups is 1. The Morgan fingerprint density at radius 3 is 2.75 bits per heavy atom. The lowest BCUT2D eigenvalue weighted by Crippen LogP contribution is -2.19. The molecule has 1 saturated heterocycles. The van der Waals surface area contributed by atoms with Gasteiger partial charge in [-0.3, -0.25) is 0 Å². The molecule has 1 N–H and O–H groups in total. The predicted octanol–water partition coefficient (Wildman–Crippen LogP) is 0.502. The molecule has 0 amide bonds. The zero-order chi connectivity index (χ0) is 9.19. The van der Waals surface area contributed by atoms with E-state index in [2.05, 4.69) is 0 Å². The zero-order valence-corrected chi connectivity index (χ0v) is 7.97. The summed E-state index contributed by atoms with van der Waals surface area (Å²) in [5.74, 6) is 0.433. The lowest BCUT2D eigenvalue weighted by molar-refractivity contribution is 0.243. The summed E-state index contributed by atoms with van der Waals surface area (Å²) < 4.78 is 22.2. The Kier molecular flexibility index (Phi) is 2.90. The number of hydrogen-bond acceptors (Lipinski definition) is 3. The molecule has 1 aliphatic rings. The van der Waals surface area contributed by atoms with E-state index in [0.29, 0.717) is 12.2 Å². The maximum Gasteiger partial charge on any atom is 0.154 e. The number of aliphatic hydroxyl groups is 1. The average Bonchev–Trinajstić information content (AvgIpc) is 1.82. The molecule has 0 aliphatic carbocycles. The van der Waals surface area contributed by atoms with Crippen molar-refractivity contribution in [3.63, 3.8) is 0 Å². The molecule has 0 aromatic rings. The third kappa shape index (κ3) is 2.95. The predicted molar refractivity (Wildman–Crippen MR) is 47.7 cm³/mol. The molecule has 0 bridgehead atoms. The molecule has 1 unspecified atom stereocenters. The van der Waals surface area contributed by atoms with Gasteiger partial charge in [0.2, 0.25) is 0 Å². The highest BCUT2D eigenvalue weighted by Crippen LogP contribution is 2.17. The summed E-state index contributed by atoms with van der Waals surface area (Å²) >= 11 is 0. The maximum atomic E-state index is 11.1. The molecule has 1 aliphatic heterocycles. The van der Waals surface area contributed by atoms with Gasteiger partial charge in [0.05, 0.1) is 17.6 Å². The van der Waals surface area contributed by atoms with E-state index >= 15 is 0 Å². The van der Waals surface area contributed by atoms with Crippen LogP contribution in [0.1, 0.15) is 19.8 Å². The van der Waals surface area contributed by atoms with Crippen LogP contribution in [0, 0.1) is 0 Å². The average molecular weight is 190 g/mol. The summed E-state index contributed by atoms with van der Waals surface area (Å²) in [5.41, 5.74) is 0.858. The van der Waals surface area contributed by atoms with Crippen LogP contribution in [0.2, 0.25) is 0 Å². The van der Waals surface area contributed by atoms with Gasteiger partial charge in [0.15, 0.2) is 9.84 Å². The first-order valence-corrected chi connectivity index (χ1v) is 5.90. The molecule has 0 aromatic carbocycles. The van der Waals surface area contributed by atoms with E-state index in [1.807, 2.05) is 0 Å². The smallest absolute Gasteiger partial charge is 0.154 e. The molecule has 4 heteroatoms. The normalized spacial score (nSPS) is 28.7. The first-order chi connectivity index (χ1) is 5.49. The fourth-order valence-electron chi connectivity index (χ4n) is 1.42. The molecule has 12 heavy (non-hydrogen) atoms. The minimum atomic E-state index is -2.86. The van der Waals surface area contributed by atoms with Crippen LogP contribution in [0.3, 0.4) is 0 Å². The van der Waals surface area contributed by atoms with Crippen LogP contribution in [-0.4, -0.2) is 31.1 Å². The van der Waals surface area contributed by atoms with Crippen molar-refractivity contribution in [3.8, 4) is 0 Å². The Morgan fingerprint density at radius 1 is 1.58 bits per heavy atom. The lowest BCUT2D eigenvalue weighted by atomic mass is 10.1. The summed E-state index contributed by atoms with van der Waals surface area (Å²) in [6, 6.07) is 0. The number of hydrogen-bond donors (Lipinski definition) is 1. The summed E-state index contributed by atoms with van der Waals surface area (Å²) in [4.78, 5) is 0. The number of rotatable bonds is 1. The van der Waals surface area contributed by atoms with Crippen LogP contribution >= 0.6 is 0 Å². The van der Waals surface area contributed by atoms with Crippen molar-refractivity contribution in [1.29, 1.82) is 0 Å². The van der Waals surface area contributed by atoms with Gasteiger partial charge < -0.3 is 5.11 Å². The zero-order valence-electron chi connectivity index (χ0n) is 7.16. The SMILES string of the molecule is CC(O)/C=C1/CCCS(=O)(=O)C1. The molecule has 1 fully saturated rings. The summed E-state index contributed by atoms with van der Waals surface area (Å²) in [6.45, 7) is 1.63. The highest BCUT2D eigenvalue weighted by molar-refractivity contribution is 7.91. The van der Waals surface area contributed by atoms with Crippen LogP contribution in [0.15, 0.2) is 11.6 Å². The highest BCUT2D eigenvalue weighted by Gasteiger charge is 2.19.